The number of piperidine rings is 1. The summed E-state index contributed by atoms with van der Waals surface area (Å²) in [6.07, 6.45) is -0.796. The lowest BCUT2D eigenvalue weighted by Crippen LogP contribution is -2.62. The molecule has 6 atom stereocenters. The van der Waals surface area contributed by atoms with Crippen molar-refractivity contribution in [1.82, 2.24) is 26.0 Å². The van der Waals surface area contributed by atoms with E-state index in [-0.39, 0.29) is 36.2 Å². The molecule has 3 N–H and O–H groups in total. The predicted octanol–water partition coefficient (Wildman–Crippen LogP) is 1.58. The highest BCUT2D eigenvalue weighted by Crippen LogP contribution is 2.65. The second kappa shape index (κ2) is 10.4. The lowest BCUT2D eigenvalue weighted by molar-refractivity contribution is -0.156. The van der Waals surface area contributed by atoms with Crippen molar-refractivity contribution < 1.29 is 37.1 Å². The van der Waals surface area contributed by atoms with Crippen LogP contribution in [-0.4, -0.2) is 82.7 Å². The fourth-order valence-corrected chi connectivity index (χ4v) is 6.40. The Morgan fingerprint density at radius 2 is 1.80 bits per heavy atom. The van der Waals surface area contributed by atoms with E-state index in [1.54, 1.807) is 20.8 Å². The molecule has 0 bridgehead atoms. The number of hydrogen-bond donors (Lipinski definition) is 3. The predicted molar refractivity (Wildman–Crippen MR) is 137 cm³/mol. The first kappa shape index (κ1) is 30.4. The van der Waals surface area contributed by atoms with Crippen LogP contribution >= 0.6 is 11.6 Å². The van der Waals surface area contributed by atoms with Crippen LogP contribution in [0.15, 0.2) is 0 Å². The van der Waals surface area contributed by atoms with Gasteiger partial charge in [0.1, 0.15) is 12.1 Å². The summed E-state index contributed by atoms with van der Waals surface area (Å²) in [7, 11) is 0. The molecule has 2 aliphatic carbocycles. The summed E-state index contributed by atoms with van der Waals surface area (Å²) in [6.45, 7) is 9.34. The highest BCUT2D eigenvalue weighted by Gasteiger charge is 2.70. The van der Waals surface area contributed by atoms with Gasteiger partial charge in [-0.1, -0.05) is 46.2 Å². The Hall–Kier alpha value is -2.57. The maximum absolute atomic E-state index is 13.9. The van der Waals surface area contributed by atoms with Gasteiger partial charge in [0.25, 0.3) is 17.4 Å². The number of carbonyl (C=O) groups is 5. The molecular formula is C26H37ClF3N5O5. The summed E-state index contributed by atoms with van der Waals surface area (Å²) in [5.74, 6) is -8.33. The minimum absolute atomic E-state index is 0.0412. The van der Waals surface area contributed by atoms with Crippen LogP contribution in [0.1, 0.15) is 53.9 Å². The average Bonchev–Trinajstić information content (AvgIpc) is 3.17. The van der Waals surface area contributed by atoms with Gasteiger partial charge < -0.3 is 15.5 Å². The van der Waals surface area contributed by atoms with E-state index in [2.05, 4.69) is 16.1 Å². The van der Waals surface area contributed by atoms with Crippen LogP contribution in [0.3, 0.4) is 0 Å². The van der Waals surface area contributed by atoms with E-state index in [1.165, 1.54) is 4.90 Å². The van der Waals surface area contributed by atoms with Crippen molar-refractivity contribution >= 4 is 41.1 Å². The molecular weight excluding hydrogens is 555 g/mol. The number of alkyl halides is 4. The van der Waals surface area contributed by atoms with Gasteiger partial charge in [-0.3, -0.25) is 29.4 Å². The van der Waals surface area contributed by atoms with Gasteiger partial charge in [-0.2, -0.15) is 0 Å². The Kier molecular flexibility index (Phi) is 7.87. The topological polar surface area (TPSA) is 128 Å². The number of rotatable bonds is 7. The maximum Gasteiger partial charge on any atom is 0.291 e. The molecule has 2 heterocycles. The van der Waals surface area contributed by atoms with Gasteiger partial charge >= 0.3 is 0 Å². The van der Waals surface area contributed by atoms with E-state index in [4.69, 9.17) is 11.6 Å². The quantitative estimate of drug-likeness (QED) is 0.306. The first-order valence-corrected chi connectivity index (χ1v) is 13.9. The zero-order valence-electron chi connectivity index (χ0n) is 23.2. The van der Waals surface area contributed by atoms with Crippen LogP contribution in [0.2, 0.25) is 0 Å². The van der Waals surface area contributed by atoms with Crippen LogP contribution < -0.4 is 16.1 Å². The molecule has 2 saturated carbocycles. The summed E-state index contributed by atoms with van der Waals surface area (Å²) in [5, 5.41) is 5.95. The molecule has 14 heteroatoms. The zero-order valence-corrected chi connectivity index (χ0v) is 24.0. The van der Waals surface area contributed by atoms with Gasteiger partial charge in [-0.05, 0) is 29.1 Å². The molecule has 4 fully saturated rings. The average molecular weight is 592 g/mol. The highest BCUT2D eigenvalue weighted by atomic mass is 35.5. The number of nitrogens with zero attached hydrogens (tertiary/aromatic N) is 2. The normalized spacial score (nSPS) is 29.9. The monoisotopic (exact) mass is 591 g/mol. The number of halogens is 4. The van der Waals surface area contributed by atoms with E-state index >= 15 is 0 Å². The van der Waals surface area contributed by atoms with E-state index in [0.29, 0.717) is 18.0 Å². The number of nitrogens with one attached hydrogen (secondary N) is 3. The number of amides is 5. The van der Waals surface area contributed by atoms with Gasteiger partial charge in [0.15, 0.2) is 0 Å². The van der Waals surface area contributed by atoms with E-state index in [0.717, 1.165) is 0 Å². The molecule has 2 saturated heterocycles. The van der Waals surface area contributed by atoms with Crippen LogP contribution in [0.25, 0.3) is 0 Å². The van der Waals surface area contributed by atoms with Crippen molar-refractivity contribution in [1.29, 1.82) is 0 Å². The van der Waals surface area contributed by atoms with E-state index in [1.807, 2.05) is 13.8 Å². The molecule has 0 aromatic carbocycles. The number of hydrogen-bond acceptors (Lipinski definition) is 5. The standard InChI is InChI=1S/C26H37ClF3N5O5/c1-24(2,3)17(32-20(37)13-8-26(29,30)9-13)22(39)34-11-14-15(25(14,4)5)16(34)21(38)33-35(23(40)18(27)28)10-12-6-7-31-19(12)36/h12-18H,6-11H2,1-5H3,(H,31,36)(H,32,37)(H,33,38)/t12-,14-,15-,16-,17?,18?/m0/s1. The third-order valence-electron chi connectivity index (χ3n) is 8.88. The van der Waals surface area contributed by atoms with E-state index < -0.39 is 77.4 Å². The lowest BCUT2D eigenvalue weighted by atomic mass is 9.79. The molecule has 0 aromatic heterocycles. The Bertz CT molecular complexity index is 1090. The van der Waals surface area contributed by atoms with Crippen molar-refractivity contribution in [3.05, 3.63) is 0 Å². The molecule has 2 unspecified atom stereocenters. The zero-order chi connectivity index (χ0) is 29.9. The lowest BCUT2D eigenvalue weighted by Gasteiger charge is -2.40. The maximum atomic E-state index is 13.9. The SMILES string of the molecule is CC(C)(C)C(NC(=O)C1CC(F)(F)C1)C(=O)N1C[C@H]2[C@@H]([C@H]1C(=O)NN(C[C@@H]1CCNC1=O)C(=O)C(F)Cl)C2(C)C. The third kappa shape index (κ3) is 5.75. The highest BCUT2D eigenvalue weighted by molar-refractivity contribution is 6.29. The Morgan fingerprint density at radius 3 is 2.30 bits per heavy atom. The summed E-state index contributed by atoms with van der Waals surface area (Å²) < 4.78 is 40.6. The number of carbonyl (C=O) groups excluding carboxylic acids is 5. The summed E-state index contributed by atoms with van der Waals surface area (Å²) in [6, 6.07) is -2.16. The first-order chi connectivity index (χ1) is 18.3. The molecule has 224 valence electrons. The van der Waals surface area contributed by atoms with Crippen molar-refractivity contribution in [2.75, 3.05) is 19.6 Å². The number of fused-ring (bicyclic) bond motifs is 1. The molecule has 4 rings (SSSR count). The third-order valence-corrected chi connectivity index (χ3v) is 9.07. The Labute approximate surface area is 236 Å². The van der Waals surface area contributed by atoms with Crippen LogP contribution in [0, 0.1) is 34.5 Å². The molecule has 0 radical (unpaired) electrons. The van der Waals surface area contributed by atoms with Gasteiger partial charge in [-0.25, -0.2) is 18.2 Å². The van der Waals surface area contributed by atoms with Crippen LogP contribution in [0.4, 0.5) is 13.2 Å². The fourth-order valence-electron chi connectivity index (χ4n) is 6.28. The van der Waals surface area contributed by atoms with Crippen molar-refractivity contribution in [2.45, 2.75) is 77.5 Å². The van der Waals surface area contributed by atoms with Crippen LogP contribution in [-0.2, 0) is 24.0 Å². The summed E-state index contributed by atoms with van der Waals surface area (Å²) in [4.78, 5) is 66.2. The van der Waals surface area contributed by atoms with Gasteiger partial charge in [-0.15, -0.1) is 0 Å². The minimum Gasteiger partial charge on any atom is -0.356 e. The smallest absolute Gasteiger partial charge is 0.291 e. The van der Waals surface area contributed by atoms with Crippen LogP contribution in [0.5, 0.6) is 0 Å². The molecule has 40 heavy (non-hydrogen) atoms. The van der Waals surface area contributed by atoms with Gasteiger partial charge in [0.2, 0.25) is 23.6 Å². The molecule has 4 aliphatic rings. The molecule has 2 aliphatic heterocycles. The second-order valence-corrected chi connectivity index (χ2v) is 13.5. The Balaban J connectivity index is 1.54. The van der Waals surface area contributed by atoms with Gasteiger partial charge in [0, 0.05) is 31.8 Å². The molecule has 5 amide bonds. The molecule has 10 nitrogen and oxygen atoms in total. The Morgan fingerprint density at radius 1 is 1.18 bits per heavy atom. The fraction of sp³-hybridized carbons (Fsp3) is 0.808. The largest absolute Gasteiger partial charge is 0.356 e. The molecule has 0 aromatic rings. The van der Waals surface area contributed by atoms with E-state index in [9.17, 15) is 37.1 Å². The molecule has 0 spiro atoms. The van der Waals surface area contributed by atoms with Crippen molar-refractivity contribution in [2.24, 2.45) is 34.5 Å². The second-order valence-electron chi connectivity index (χ2n) is 13.2. The minimum atomic E-state index is -2.90. The van der Waals surface area contributed by atoms with Crippen molar-refractivity contribution in [3.8, 4) is 0 Å². The van der Waals surface area contributed by atoms with Crippen molar-refractivity contribution in [3.63, 3.8) is 0 Å². The van der Waals surface area contributed by atoms with Gasteiger partial charge in [0.05, 0.1) is 12.5 Å². The first-order valence-electron chi connectivity index (χ1n) is 13.5. The summed E-state index contributed by atoms with van der Waals surface area (Å²) in [5.41, 5.74) is -1.17. The summed E-state index contributed by atoms with van der Waals surface area (Å²) >= 11 is 5.39. The number of hydrazine groups is 1. The number of likely N-dealkylation sites (tertiary alicyclic amines) is 1.